The molecule has 4 heteroatoms. The fourth-order valence-electron chi connectivity index (χ4n) is 2.31. The monoisotopic (exact) mass is 308 g/mol. The van der Waals surface area contributed by atoms with Gasteiger partial charge >= 0.3 is 0 Å². The summed E-state index contributed by atoms with van der Waals surface area (Å²) in [6.45, 7) is 4.08. The summed E-state index contributed by atoms with van der Waals surface area (Å²) in [6.07, 6.45) is 1.88. The zero-order valence-corrected chi connectivity index (χ0v) is 13.3. The molecule has 0 unspecified atom stereocenters. The molecule has 1 heterocycles. The van der Waals surface area contributed by atoms with Crippen LogP contribution < -0.4 is 5.32 Å². The third kappa shape index (κ3) is 3.46. The van der Waals surface area contributed by atoms with E-state index in [1.165, 1.54) is 11.8 Å². The number of nitrogens with zero attached hydrogens (tertiary/aromatic N) is 1. The zero-order chi connectivity index (χ0) is 15.5. The van der Waals surface area contributed by atoms with Gasteiger partial charge in [-0.25, -0.2) is 4.99 Å². The number of amides is 1. The number of amidine groups is 1. The van der Waals surface area contributed by atoms with Gasteiger partial charge in [0.2, 0.25) is 0 Å². The van der Waals surface area contributed by atoms with Crippen LogP contribution in [0.1, 0.15) is 16.7 Å². The molecule has 3 rings (SSSR count). The van der Waals surface area contributed by atoms with Crippen molar-refractivity contribution in [2.24, 2.45) is 4.99 Å². The first kappa shape index (κ1) is 14.6. The van der Waals surface area contributed by atoms with Gasteiger partial charge < -0.3 is 5.32 Å². The first-order chi connectivity index (χ1) is 10.6. The number of benzene rings is 2. The topological polar surface area (TPSA) is 41.5 Å². The molecule has 1 amide bonds. The molecular weight excluding hydrogens is 292 g/mol. The molecule has 2 aromatic carbocycles. The Kier molecular flexibility index (Phi) is 4.11. The first-order valence-electron chi connectivity index (χ1n) is 7.03. The minimum Gasteiger partial charge on any atom is -0.300 e. The van der Waals surface area contributed by atoms with Gasteiger partial charge in [0.05, 0.1) is 10.6 Å². The van der Waals surface area contributed by atoms with Crippen molar-refractivity contribution in [1.29, 1.82) is 0 Å². The maximum absolute atomic E-state index is 12.0. The van der Waals surface area contributed by atoms with Crippen molar-refractivity contribution in [3.05, 3.63) is 70.1 Å². The van der Waals surface area contributed by atoms with Crippen molar-refractivity contribution >= 4 is 34.6 Å². The van der Waals surface area contributed by atoms with Crippen LogP contribution in [0.2, 0.25) is 0 Å². The van der Waals surface area contributed by atoms with Crippen LogP contribution in [0.15, 0.2) is 58.4 Å². The lowest BCUT2D eigenvalue weighted by Crippen LogP contribution is -2.19. The molecule has 0 aromatic heterocycles. The van der Waals surface area contributed by atoms with Crippen molar-refractivity contribution < 1.29 is 4.79 Å². The van der Waals surface area contributed by atoms with Gasteiger partial charge in [0, 0.05) is 0 Å². The van der Waals surface area contributed by atoms with E-state index in [4.69, 9.17) is 0 Å². The molecule has 1 fully saturated rings. The summed E-state index contributed by atoms with van der Waals surface area (Å²) in [4.78, 5) is 17.2. The summed E-state index contributed by atoms with van der Waals surface area (Å²) in [7, 11) is 0. The van der Waals surface area contributed by atoms with Gasteiger partial charge in [-0.05, 0) is 60.5 Å². The highest BCUT2D eigenvalue weighted by atomic mass is 32.2. The molecule has 0 atom stereocenters. The maximum Gasteiger partial charge on any atom is 0.264 e. The third-order valence-electron chi connectivity index (χ3n) is 3.19. The average Bonchev–Trinajstić information content (AvgIpc) is 2.78. The van der Waals surface area contributed by atoms with Gasteiger partial charge in [0.15, 0.2) is 5.17 Å². The highest BCUT2D eigenvalue weighted by molar-refractivity contribution is 8.18. The van der Waals surface area contributed by atoms with E-state index in [0.717, 1.165) is 22.4 Å². The maximum atomic E-state index is 12.0. The van der Waals surface area contributed by atoms with Gasteiger partial charge in [0.1, 0.15) is 0 Å². The predicted octanol–water partition coefficient (Wildman–Crippen LogP) is 4.20. The van der Waals surface area contributed by atoms with Crippen LogP contribution in [-0.2, 0) is 4.79 Å². The quantitative estimate of drug-likeness (QED) is 0.845. The summed E-state index contributed by atoms with van der Waals surface area (Å²) in [6, 6.07) is 15.9. The first-order valence-corrected chi connectivity index (χ1v) is 7.85. The van der Waals surface area contributed by atoms with Crippen molar-refractivity contribution in [2.75, 3.05) is 0 Å². The molecule has 1 saturated heterocycles. The lowest BCUT2D eigenvalue weighted by Gasteiger charge is -2.00. The SMILES string of the molecule is Cc1cc(C)cc(N=C2NC(=O)C(=Cc3ccccc3)S2)c1. The summed E-state index contributed by atoms with van der Waals surface area (Å²) in [5, 5.41) is 3.44. The molecule has 0 aliphatic carbocycles. The van der Waals surface area contributed by atoms with Gasteiger partial charge in [-0.3, -0.25) is 4.79 Å². The molecule has 0 radical (unpaired) electrons. The number of carbonyl (C=O) groups excluding carboxylic acids is 1. The van der Waals surface area contributed by atoms with Gasteiger partial charge in [-0.1, -0.05) is 36.4 Å². The normalized spacial score (nSPS) is 18.0. The molecule has 0 bridgehead atoms. The van der Waals surface area contributed by atoms with Gasteiger partial charge in [0.25, 0.3) is 5.91 Å². The van der Waals surface area contributed by atoms with Crippen LogP contribution in [0, 0.1) is 13.8 Å². The molecule has 22 heavy (non-hydrogen) atoms. The van der Waals surface area contributed by atoms with E-state index in [1.807, 2.05) is 62.4 Å². The molecule has 110 valence electrons. The van der Waals surface area contributed by atoms with E-state index in [-0.39, 0.29) is 5.91 Å². The van der Waals surface area contributed by atoms with E-state index in [0.29, 0.717) is 10.1 Å². The lowest BCUT2D eigenvalue weighted by molar-refractivity contribution is -0.115. The Balaban J connectivity index is 1.85. The van der Waals surface area contributed by atoms with Crippen LogP contribution in [-0.4, -0.2) is 11.1 Å². The minimum atomic E-state index is -0.100. The van der Waals surface area contributed by atoms with E-state index in [2.05, 4.69) is 16.4 Å². The van der Waals surface area contributed by atoms with Crippen molar-refractivity contribution in [3.63, 3.8) is 0 Å². The molecule has 1 N–H and O–H groups in total. The summed E-state index contributed by atoms with van der Waals surface area (Å²) in [5.41, 5.74) is 4.19. The average molecular weight is 308 g/mol. The lowest BCUT2D eigenvalue weighted by atomic mass is 10.1. The van der Waals surface area contributed by atoms with E-state index in [9.17, 15) is 4.79 Å². The van der Waals surface area contributed by atoms with Crippen molar-refractivity contribution in [3.8, 4) is 0 Å². The molecule has 3 nitrogen and oxygen atoms in total. The third-order valence-corrected chi connectivity index (χ3v) is 4.10. The smallest absolute Gasteiger partial charge is 0.264 e. The van der Waals surface area contributed by atoms with Gasteiger partial charge in [-0.15, -0.1) is 0 Å². The van der Waals surface area contributed by atoms with Crippen LogP contribution in [0.3, 0.4) is 0 Å². The van der Waals surface area contributed by atoms with E-state index in [1.54, 1.807) is 0 Å². The Labute approximate surface area is 134 Å². The number of nitrogens with one attached hydrogen (secondary N) is 1. The fraction of sp³-hybridized carbons (Fsp3) is 0.111. The Bertz CT molecular complexity index is 759. The highest BCUT2D eigenvalue weighted by Gasteiger charge is 2.23. The molecule has 1 aliphatic rings. The summed E-state index contributed by atoms with van der Waals surface area (Å²) in [5.74, 6) is -0.100. The molecule has 0 spiro atoms. The molecule has 0 saturated carbocycles. The Hall–Kier alpha value is -2.33. The Morgan fingerprint density at radius 2 is 1.73 bits per heavy atom. The highest BCUT2D eigenvalue weighted by Crippen LogP contribution is 2.28. The Morgan fingerprint density at radius 1 is 1.05 bits per heavy atom. The van der Waals surface area contributed by atoms with Crippen molar-refractivity contribution in [1.82, 2.24) is 5.32 Å². The second-order valence-corrected chi connectivity index (χ2v) is 6.27. The number of hydrogen-bond donors (Lipinski definition) is 1. The standard InChI is InChI=1S/C18H16N2OS/c1-12-8-13(2)10-15(9-12)19-18-20-17(21)16(22-18)11-14-6-4-3-5-7-14/h3-11H,1-2H3,(H,19,20,21). The van der Waals surface area contributed by atoms with Crippen molar-refractivity contribution in [2.45, 2.75) is 13.8 Å². The number of hydrogen-bond acceptors (Lipinski definition) is 3. The van der Waals surface area contributed by atoms with E-state index >= 15 is 0 Å². The second kappa shape index (κ2) is 6.20. The molecule has 1 aliphatic heterocycles. The van der Waals surface area contributed by atoms with Crippen LogP contribution in [0.25, 0.3) is 6.08 Å². The van der Waals surface area contributed by atoms with E-state index < -0.39 is 0 Å². The van der Waals surface area contributed by atoms with Gasteiger partial charge in [-0.2, -0.15) is 0 Å². The second-order valence-electron chi connectivity index (χ2n) is 5.24. The summed E-state index contributed by atoms with van der Waals surface area (Å²) < 4.78 is 0. The zero-order valence-electron chi connectivity index (χ0n) is 12.5. The number of carbonyl (C=O) groups is 1. The van der Waals surface area contributed by atoms with Crippen LogP contribution in [0.4, 0.5) is 5.69 Å². The largest absolute Gasteiger partial charge is 0.300 e. The number of aryl methyl sites for hydroxylation is 2. The predicted molar refractivity (Wildman–Crippen MR) is 93.2 cm³/mol. The van der Waals surface area contributed by atoms with Crippen LogP contribution >= 0.6 is 11.8 Å². The minimum absolute atomic E-state index is 0.100. The van der Waals surface area contributed by atoms with Crippen LogP contribution in [0.5, 0.6) is 0 Å². The number of thioether (sulfide) groups is 1. The number of aliphatic imine (C=N–C) groups is 1. The Morgan fingerprint density at radius 3 is 2.41 bits per heavy atom. The fourth-order valence-corrected chi connectivity index (χ4v) is 3.16. The molecular formula is C18H16N2OS. The number of rotatable bonds is 2. The molecule has 2 aromatic rings. The summed E-state index contributed by atoms with van der Waals surface area (Å²) >= 11 is 1.37.